The highest BCUT2D eigenvalue weighted by atomic mass is 35.5. The highest BCUT2D eigenvalue weighted by Gasteiger charge is 2.37. The topological polar surface area (TPSA) is 198 Å². The molecule has 4 rings (SSSR count). The lowest BCUT2D eigenvalue weighted by Gasteiger charge is -2.14. The minimum absolute atomic E-state index is 0.00330. The Morgan fingerprint density at radius 2 is 1.77 bits per heavy atom. The fourth-order valence-corrected chi connectivity index (χ4v) is 4.89. The summed E-state index contributed by atoms with van der Waals surface area (Å²) in [6, 6.07) is 11.4. The van der Waals surface area contributed by atoms with Crippen LogP contribution in [-0.4, -0.2) is 58.5 Å². The molecule has 0 aromatic heterocycles. The molecular weight excluding hydrogens is 624 g/mol. The molecular formula is C27H19ClN4O11S. The fraction of sp³-hybridized carbons (Fsp3) is 0.111. The summed E-state index contributed by atoms with van der Waals surface area (Å²) in [5.41, 5.74) is -0.885. The monoisotopic (exact) mass is 642 g/mol. The lowest BCUT2D eigenvalue weighted by Crippen LogP contribution is -2.36. The zero-order valence-electron chi connectivity index (χ0n) is 22.6. The predicted molar refractivity (Wildman–Crippen MR) is 157 cm³/mol. The van der Waals surface area contributed by atoms with Crippen molar-refractivity contribution in [1.29, 1.82) is 0 Å². The van der Waals surface area contributed by atoms with Crippen molar-refractivity contribution in [3.8, 4) is 17.2 Å². The molecule has 0 saturated carbocycles. The molecule has 3 aromatic carbocycles. The van der Waals surface area contributed by atoms with Gasteiger partial charge in [-0.05, 0) is 48.2 Å². The molecule has 0 bridgehead atoms. The zero-order chi connectivity index (χ0) is 32.1. The molecule has 1 saturated heterocycles. The molecule has 1 fully saturated rings. The number of nitrogens with zero attached hydrogens (tertiary/aromatic N) is 3. The second-order valence-corrected chi connectivity index (χ2v) is 10.0. The molecule has 44 heavy (non-hydrogen) atoms. The van der Waals surface area contributed by atoms with Gasteiger partial charge in [-0.15, -0.1) is 0 Å². The number of amides is 3. The molecule has 15 nitrogen and oxygen atoms in total. The Bertz CT molecular complexity index is 1760. The first-order chi connectivity index (χ1) is 20.9. The van der Waals surface area contributed by atoms with E-state index in [2.05, 4.69) is 10.1 Å². The van der Waals surface area contributed by atoms with E-state index in [9.17, 15) is 39.4 Å². The first kappa shape index (κ1) is 31.5. The first-order valence-corrected chi connectivity index (χ1v) is 13.3. The van der Waals surface area contributed by atoms with Crippen LogP contribution in [0.5, 0.6) is 17.2 Å². The van der Waals surface area contributed by atoms with Crippen molar-refractivity contribution in [3.63, 3.8) is 0 Å². The van der Waals surface area contributed by atoms with Crippen LogP contribution in [0.1, 0.15) is 15.9 Å². The SMILES string of the molecule is COC(=O)c1cc(NC(=O)CN2C(=O)S/C(=C/c3cccc(OC)c3Oc3ccc([N+](=O)[O-])cc3[N+](=O)[O-])C2=O)ccc1Cl. The van der Waals surface area contributed by atoms with E-state index < -0.39 is 50.8 Å². The minimum Gasteiger partial charge on any atom is -0.493 e. The summed E-state index contributed by atoms with van der Waals surface area (Å²) >= 11 is 6.53. The predicted octanol–water partition coefficient (Wildman–Crippen LogP) is 5.42. The summed E-state index contributed by atoms with van der Waals surface area (Å²) in [5, 5.41) is 24.5. The first-order valence-electron chi connectivity index (χ1n) is 12.1. The molecule has 1 heterocycles. The second kappa shape index (κ2) is 13.2. The molecule has 226 valence electrons. The number of anilines is 1. The van der Waals surface area contributed by atoms with Crippen molar-refractivity contribution in [2.24, 2.45) is 0 Å². The molecule has 3 aromatic rings. The Morgan fingerprint density at radius 1 is 1.02 bits per heavy atom. The number of para-hydroxylation sites is 1. The van der Waals surface area contributed by atoms with E-state index in [1.54, 1.807) is 0 Å². The maximum atomic E-state index is 13.1. The van der Waals surface area contributed by atoms with Crippen LogP contribution in [0.25, 0.3) is 6.08 Å². The smallest absolute Gasteiger partial charge is 0.339 e. The average molecular weight is 643 g/mol. The number of imide groups is 1. The molecule has 3 amide bonds. The van der Waals surface area contributed by atoms with Gasteiger partial charge in [0.25, 0.3) is 16.8 Å². The van der Waals surface area contributed by atoms with Crippen LogP contribution in [0.4, 0.5) is 21.9 Å². The molecule has 0 aliphatic carbocycles. The van der Waals surface area contributed by atoms with Gasteiger partial charge >= 0.3 is 11.7 Å². The van der Waals surface area contributed by atoms with Gasteiger partial charge in [-0.1, -0.05) is 23.7 Å². The molecule has 0 spiro atoms. The average Bonchev–Trinajstić information content (AvgIpc) is 3.25. The Morgan fingerprint density at radius 3 is 2.43 bits per heavy atom. The van der Waals surface area contributed by atoms with E-state index in [1.165, 1.54) is 49.6 Å². The third-order valence-electron chi connectivity index (χ3n) is 5.91. The van der Waals surface area contributed by atoms with Gasteiger partial charge in [0.1, 0.15) is 6.54 Å². The normalized spacial score (nSPS) is 13.5. The number of thioether (sulfide) groups is 1. The summed E-state index contributed by atoms with van der Waals surface area (Å²) < 4.78 is 15.7. The lowest BCUT2D eigenvalue weighted by molar-refractivity contribution is -0.394. The Kier molecular flexibility index (Phi) is 9.45. The van der Waals surface area contributed by atoms with Gasteiger partial charge in [0, 0.05) is 17.3 Å². The van der Waals surface area contributed by atoms with Gasteiger partial charge in [0.05, 0.1) is 45.6 Å². The Labute approximate surface area is 256 Å². The largest absolute Gasteiger partial charge is 0.493 e. The standard InChI is InChI=1S/C27H19ClN4O11S/c1-41-21-5-3-4-14(24(21)43-20-9-7-16(31(37)38)12-19(20)32(39)40)10-22-25(34)30(27(36)44-22)13-23(33)29-15-6-8-18(28)17(11-15)26(35)42-2/h3-12H,13H2,1-2H3,(H,29,33)/b22-10+. The number of hydrogen-bond acceptors (Lipinski definition) is 12. The number of ether oxygens (including phenoxy) is 3. The van der Waals surface area contributed by atoms with Crippen LogP contribution in [0.2, 0.25) is 5.02 Å². The fourth-order valence-electron chi connectivity index (χ4n) is 3.87. The molecule has 0 atom stereocenters. The molecule has 0 unspecified atom stereocenters. The van der Waals surface area contributed by atoms with E-state index in [4.69, 9.17) is 21.1 Å². The van der Waals surface area contributed by atoms with E-state index >= 15 is 0 Å². The number of rotatable bonds is 10. The number of benzene rings is 3. The van der Waals surface area contributed by atoms with Crippen LogP contribution >= 0.6 is 23.4 Å². The minimum atomic E-state index is -0.853. The Hall–Kier alpha value is -5.48. The van der Waals surface area contributed by atoms with Crippen LogP contribution in [0.15, 0.2) is 59.5 Å². The third-order valence-corrected chi connectivity index (χ3v) is 7.15. The lowest BCUT2D eigenvalue weighted by atomic mass is 10.1. The number of nitro benzene ring substituents is 2. The van der Waals surface area contributed by atoms with Gasteiger partial charge in [0.2, 0.25) is 11.7 Å². The Balaban J connectivity index is 1.58. The van der Waals surface area contributed by atoms with Crippen LogP contribution in [0, 0.1) is 20.2 Å². The summed E-state index contributed by atoms with van der Waals surface area (Å²) in [5.74, 6) is -2.62. The number of non-ortho nitro benzene ring substituents is 1. The van der Waals surface area contributed by atoms with E-state index in [-0.39, 0.29) is 44.0 Å². The van der Waals surface area contributed by atoms with Gasteiger partial charge in [0.15, 0.2) is 11.5 Å². The number of nitro groups is 2. The summed E-state index contributed by atoms with van der Waals surface area (Å²) in [6.07, 6.45) is 1.28. The number of halogens is 1. The van der Waals surface area contributed by atoms with E-state index in [1.807, 2.05) is 0 Å². The number of carbonyl (C=O) groups is 4. The zero-order valence-corrected chi connectivity index (χ0v) is 24.2. The molecule has 1 N–H and O–H groups in total. The van der Waals surface area contributed by atoms with Crippen molar-refractivity contribution in [1.82, 2.24) is 4.90 Å². The van der Waals surface area contributed by atoms with E-state index in [0.717, 1.165) is 25.3 Å². The third kappa shape index (κ3) is 6.77. The highest BCUT2D eigenvalue weighted by Crippen LogP contribution is 2.42. The van der Waals surface area contributed by atoms with Crippen molar-refractivity contribution in [2.45, 2.75) is 0 Å². The highest BCUT2D eigenvalue weighted by molar-refractivity contribution is 8.18. The van der Waals surface area contributed by atoms with Gasteiger partial charge < -0.3 is 19.5 Å². The summed E-state index contributed by atoms with van der Waals surface area (Å²) in [6.45, 7) is -0.658. The molecule has 1 aliphatic rings. The summed E-state index contributed by atoms with van der Waals surface area (Å²) in [4.78, 5) is 72.0. The molecule has 0 radical (unpaired) electrons. The van der Waals surface area contributed by atoms with E-state index in [0.29, 0.717) is 16.7 Å². The van der Waals surface area contributed by atoms with Crippen molar-refractivity contribution < 1.29 is 43.2 Å². The summed E-state index contributed by atoms with van der Waals surface area (Å²) in [7, 11) is 2.47. The molecule has 1 aliphatic heterocycles. The number of nitrogens with one attached hydrogen (secondary N) is 1. The maximum absolute atomic E-state index is 13.1. The van der Waals surface area contributed by atoms with Gasteiger partial charge in [-0.25, -0.2) is 4.79 Å². The quantitative estimate of drug-likeness (QED) is 0.128. The number of esters is 1. The van der Waals surface area contributed by atoms with Crippen LogP contribution in [0.3, 0.4) is 0 Å². The van der Waals surface area contributed by atoms with Crippen molar-refractivity contribution in [2.75, 3.05) is 26.1 Å². The van der Waals surface area contributed by atoms with Crippen molar-refractivity contribution >= 4 is 69.5 Å². The van der Waals surface area contributed by atoms with Gasteiger partial charge in [-0.3, -0.25) is 39.5 Å². The van der Waals surface area contributed by atoms with Crippen LogP contribution < -0.4 is 14.8 Å². The van der Waals surface area contributed by atoms with Gasteiger partial charge in [-0.2, -0.15) is 0 Å². The second-order valence-electron chi connectivity index (χ2n) is 8.65. The van der Waals surface area contributed by atoms with Crippen molar-refractivity contribution in [3.05, 3.63) is 95.9 Å². The number of carbonyl (C=O) groups excluding carboxylic acids is 4. The maximum Gasteiger partial charge on any atom is 0.339 e. The molecule has 17 heteroatoms. The number of methoxy groups -OCH3 is 2. The number of hydrogen-bond donors (Lipinski definition) is 1. The van der Waals surface area contributed by atoms with Crippen LogP contribution in [-0.2, 0) is 14.3 Å².